The fourth-order valence-corrected chi connectivity index (χ4v) is 3.98. The Morgan fingerprint density at radius 1 is 0.806 bits per heavy atom. The highest BCUT2D eigenvalue weighted by Crippen LogP contribution is 2.32. The second-order valence-electron chi connectivity index (χ2n) is 7.74. The maximum atomic E-state index is 12.8. The SMILES string of the molecule is C=CC[C@@](Cc1ccccc1)(NNC(=O)c1ccccc1)c1ccc2ccccc2c1. The number of carbonyl (C=O) groups excluding carboxylic acids is 1. The van der Waals surface area contributed by atoms with Gasteiger partial charge in [-0.05, 0) is 52.9 Å². The Hall–Kier alpha value is -3.69. The van der Waals surface area contributed by atoms with Gasteiger partial charge in [-0.15, -0.1) is 6.58 Å². The number of benzene rings is 4. The molecule has 0 bridgehead atoms. The standard InChI is InChI=1S/C28H26N2O/c1-2-19-28(21-22-11-5-3-6-12-22,30-29-27(31)24-14-7-4-8-15-24)26-18-17-23-13-9-10-16-25(23)20-26/h2-18,20,30H,1,19,21H2,(H,29,31)/t28-/m0/s1. The van der Waals surface area contributed by atoms with Crippen LogP contribution in [-0.4, -0.2) is 5.91 Å². The van der Waals surface area contributed by atoms with Gasteiger partial charge in [0.15, 0.2) is 0 Å². The van der Waals surface area contributed by atoms with Gasteiger partial charge in [0.25, 0.3) is 5.91 Å². The molecule has 2 N–H and O–H groups in total. The van der Waals surface area contributed by atoms with Gasteiger partial charge in [-0.3, -0.25) is 10.2 Å². The zero-order valence-electron chi connectivity index (χ0n) is 17.4. The van der Waals surface area contributed by atoms with Gasteiger partial charge in [0.05, 0.1) is 5.54 Å². The van der Waals surface area contributed by atoms with Crippen molar-refractivity contribution in [1.82, 2.24) is 10.9 Å². The summed E-state index contributed by atoms with van der Waals surface area (Å²) >= 11 is 0. The molecule has 4 aromatic rings. The van der Waals surface area contributed by atoms with Gasteiger partial charge in [-0.25, -0.2) is 5.43 Å². The molecule has 0 aromatic heterocycles. The van der Waals surface area contributed by atoms with Crippen LogP contribution >= 0.6 is 0 Å². The minimum Gasteiger partial charge on any atom is -0.287 e. The molecule has 0 fully saturated rings. The summed E-state index contributed by atoms with van der Waals surface area (Å²) in [6.45, 7) is 4.01. The number of hydrogen-bond acceptors (Lipinski definition) is 2. The van der Waals surface area contributed by atoms with Gasteiger partial charge in [0, 0.05) is 5.56 Å². The van der Waals surface area contributed by atoms with Crippen LogP contribution in [0.15, 0.2) is 116 Å². The van der Waals surface area contributed by atoms with Crippen molar-refractivity contribution < 1.29 is 4.79 Å². The third kappa shape index (κ3) is 4.73. The molecule has 1 atom stereocenters. The lowest BCUT2D eigenvalue weighted by Crippen LogP contribution is -2.53. The topological polar surface area (TPSA) is 41.1 Å². The number of rotatable bonds is 8. The molecule has 4 rings (SSSR count). The maximum absolute atomic E-state index is 12.8. The smallest absolute Gasteiger partial charge is 0.265 e. The molecule has 1 amide bonds. The average molecular weight is 407 g/mol. The molecule has 0 unspecified atom stereocenters. The maximum Gasteiger partial charge on any atom is 0.265 e. The van der Waals surface area contributed by atoms with Crippen molar-refractivity contribution in [1.29, 1.82) is 0 Å². The molecule has 0 radical (unpaired) electrons. The Labute approximate surface area is 183 Å². The van der Waals surface area contributed by atoms with Crippen LogP contribution in [0.1, 0.15) is 27.9 Å². The molecule has 0 aliphatic heterocycles. The molecule has 154 valence electrons. The van der Waals surface area contributed by atoms with Gasteiger partial charge in [-0.2, -0.15) is 0 Å². The first kappa shape index (κ1) is 20.6. The molecule has 0 saturated heterocycles. The van der Waals surface area contributed by atoms with Gasteiger partial charge in [0.1, 0.15) is 0 Å². The minimum atomic E-state index is -0.544. The molecule has 0 aliphatic rings. The van der Waals surface area contributed by atoms with Crippen molar-refractivity contribution in [2.45, 2.75) is 18.4 Å². The number of hydrogen-bond donors (Lipinski definition) is 2. The van der Waals surface area contributed by atoms with E-state index in [4.69, 9.17) is 0 Å². The van der Waals surface area contributed by atoms with E-state index in [1.807, 2.05) is 54.6 Å². The lowest BCUT2D eigenvalue weighted by atomic mass is 9.81. The van der Waals surface area contributed by atoms with E-state index in [0.717, 1.165) is 10.9 Å². The molecule has 4 aromatic carbocycles. The predicted molar refractivity (Wildman–Crippen MR) is 128 cm³/mol. The van der Waals surface area contributed by atoms with Crippen LogP contribution in [-0.2, 0) is 12.0 Å². The number of carbonyl (C=O) groups is 1. The Bertz CT molecular complexity index is 1170. The molecule has 0 heterocycles. The summed E-state index contributed by atoms with van der Waals surface area (Å²) in [4.78, 5) is 12.8. The molecule has 31 heavy (non-hydrogen) atoms. The first-order chi connectivity index (χ1) is 15.2. The average Bonchev–Trinajstić information content (AvgIpc) is 2.83. The van der Waals surface area contributed by atoms with Gasteiger partial charge < -0.3 is 0 Å². The molecule has 0 spiro atoms. The zero-order valence-corrected chi connectivity index (χ0v) is 17.4. The molecule has 0 aliphatic carbocycles. The van der Waals surface area contributed by atoms with Crippen molar-refractivity contribution in [2.75, 3.05) is 0 Å². The highest BCUT2D eigenvalue weighted by Gasteiger charge is 2.32. The van der Waals surface area contributed by atoms with E-state index in [-0.39, 0.29) is 5.91 Å². The third-order valence-corrected chi connectivity index (χ3v) is 5.59. The van der Waals surface area contributed by atoms with Crippen LogP contribution in [0.25, 0.3) is 10.8 Å². The minimum absolute atomic E-state index is 0.164. The largest absolute Gasteiger partial charge is 0.287 e. The molecule has 3 nitrogen and oxygen atoms in total. The summed E-state index contributed by atoms with van der Waals surface area (Å²) in [5.74, 6) is -0.164. The van der Waals surface area contributed by atoms with E-state index >= 15 is 0 Å². The van der Waals surface area contributed by atoms with Crippen molar-refractivity contribution in [3.8, 4) is 0 Å². The third-order valence-electron chi connectivity index (χ3n) is 5.59. The number of hydrazine groups is 1. The highest BCUT2D eigenvalue weighted by molar-refractivity contribution is 5.93. The highest BCUT2D eigenvalue weighted by atomic mass is 16.2. The second kappa shape index (κ2) is 9.41. The first-order valence-corrected chi connectivity index (χ1v) is 10.5. The number of amides is 1. The zero-order chi connectivity index (χ0) is 21.5. The van der Waals surface area contributed by atoms with Crippen LogP contribution in [0, 0.1) is 0 Å². The van der Waals surface area contributed by atoms with Crippen LogP contribution < -0.4 is 10.9 Å². The van der Waals surface area contributed by atoms with Crippen LogP contribution in [0.4, 0.5) is 0 Å². The quantitative estimate of drug-likeness (QED) is 0.287. The van der Waals surface area contributed by atoms with Crippen LogP contribution in [0.5, 0.6) is 0 Å². The summed E-state index contributed by atoms with van der Waals surface area (Å²) in [5, 5.41) is 2.35. The fraction of sp³-hybridized carbons (Fsp3) is 0.107. The van der Waals surface area contributed by atoms with E-state index in [0.29, 0.717) is 18.4 Å². The monoisotopic (exact) mass is 406 g/mol. The van der Waals surface area contributed by atoms with E-state index in [1.54, 1.807) is 12.1 Å². The lowest BCUT2D eigenvalue weighted by molar-refractivity contribution is 0.0901. The van der Waals surface area contributed by atoms with Crippen LogP contribution in [0.3, 0.4) is 0 Å². The predicted octanol–water partition coefficient (Wildman–Crippen LogP) is 5.79. The summed E-state index contributed by atoms with van der Waals surface area (Å²) < 4.78 is 0. The fourth-order valence-electron chi connectivity index (χ4n) is 3.98. The van der Waals surface area contributed by atoms with Crippen LogP contribution in [0.2, 0.25) is 0 Å². The van der Waals surface area contributed by atoms with Gasteiger partial charge in [0.2, 0.25) is 0 Å². The van der Waals surface area contributed by atoms with Crippen molar-refractivity contribution in [3.05, 3.63) is 132 Å². The Morgan fingerprint density at radius 2 is 1.45 bits per heavy atom. The van der Waals surface area contributed by atoms with E-state index in [2.05, 4.69) is 59.9 Å². The Morgan fingerprint density at radius 3 is 2.16 bits per heavy atom. The summed E-state index contributed by atoms with van der Waals surface area (Å²) in [7, 11) is 0. The Balaban J connectivity index is 1.73. The summed E-state index contributed by atoms with van der Waals surface area (Å²) in [6.07, 6.45) is 3.25. The lowest BCUT2D eigenvalue weighted by Gasteiger charge is -2.35. The van der Waals surface area contributed by atoms with Crippen molar-refractivity contribution in [2.24, 2.45) is 0 Å². The van der Waals surface area contributed by atoms with Gasteiger partial charge >= 0.3 is 0 Å². The summed E-state index contributed by atoms with van der Waals surface area (Å²) in [5.41, 5.74) is 8.69. The van der Waals surface area contributed by atoms with E-state index < -0.39 is 5.54 Å². The van der Waals surface area contributed by atoms with Crippen molar-refractivity contribution >= 4 is 16.7 Å². The molecule has 0 saturated carbocycles. The molecule has 3 heteroatoms. The molecular formula is C28H26N2O. The van der Waals surface area contributed by atoms with E-state index in [9.17, 15) is 4.79 Å². The van der Waals surface area contributed by atoms with Gasteiger partial charge in [-0.1, -0.05) is 91.0 Å². The molecular weight excluding hydrogens is 380 g/mol. The number of nitrogens with one attached hydrogen (secondary N) is 2. The van der Waals surface area contributed by atoms with E-state index in [1.165, 1.54) is 10.9 Å². The summed E-state index contributed by atoms with van der Waals surface area (Å²) in [6, 6.07) is 34.3. The van der Waals surface area contributed by atoms with Crippen molar-refractivity contribution in [3.63, 3.8) is 0 Å². The Kier molecular flexibility index (Phi) is 6.25. The first-order valence-electron chi connectivity index (χ1n) is 10.5. The number of fused-ring (bicyclic) bond motifs is 1. The normalized spacial score (nSPS) is 12.8. The second-order valence-corrected chi connectivity index (χ2v) is 7.74.